The minimum atomic E-state index is -0.388. The molecule has 1 spiro atoms. The lowest BCUT2D eigenvalue weighted by atomic mass is 9.82. The first kappa shape index (κ1) is 15.5. The summed E-state index contributed by atoms with van der Waals surface area (Å²) >= 11 is 1.79. The van der Waals surface area contributed by atoms with Gasteiger partial charge in [0.25, 0.3) is 0 Å². The van der Waals surface area contributed by atoms with Gasteiger partial charge in [-0.3, -0.25) is 14.6 Å². The second-order valence-corrected chi connectivity index (χ2v) is 7.23. The van der Waals surface area contributed by atoms with Gasteiger partial charge in [0.2, 0.25) is 5.91 Å². The van der Waals surface area contributed by atoms with Crippen LogP contribution in [0.5, 0.6) is 0 Å². The van der Waals surface area contributed by atoms with E-state index in [4.69, 9.17) is 5.26 Å². The molecular weight excluding hydrogens is 296 g/mol. The highest BCUT2D eigenvalue weighted by Gasteiger charge is 2.49. The number of nitrogens with zero attached hydrogens (tertiary/aromatic N) is 4. The van der Waals surface area contributed by atoms with Gasteiger partial charge in [0, 0.05) is 37.6 Å². The normalized spacial score (nSPS) is 22.9. The molecule has 0 bridgehead atoms. The molecule has 1 aromatic heterocycles. The van der Waals surface area contributed by atoms with Gasteiger partial charge in [0.15, 0.2) is 0 Å². The van der Waals surface area contributed by atoms with E-state index in [1.54, 1.807) is 16.2 Å². The van der Waals surface area contributed by atoms with Crippen molar-refractivity contribution >= 4 is 17.2 Å². The monoisotopic (exact) mass is 318 g/mol. The van der Waals surface area contributed by atoms with Crippen LogP contribution in [0.25, 0.3) is 0 Å². The first-order chi connectivity index (χ1) is 10.7. The van der Waals surface area contributed by atoms with Gasteiger partial charge in [0.05, 0.1) is 6.07 Å². The fourth-order valence-electron chi connectivity index (χ4n) is 3.58. The molecule has 0 atom stereocenters. The summed E-state index contributed by atoms with van der Waals surface area (Å²) < 4.78 is 0. The molecule has 2 saturated heterocycles. The molecule has 2 aliphatic heterocycles. The fourth-order valence-corrected chi connectivity index (χ4v) is 4.33. The highest BCUT2D eigenvalue weighted by Crippen LogP contribution is 2.33. The molecule has 3 rings (SSSR count). The number of rotatable bonds is 3. The highest BCUT2D eigenvalue weighted by atomic mass is 32.1. The van der Waals surface area contributed by atoms with Crippen molar-refractivity contribution in [1.82, 2.24) is 14.7 Å². The maximum atomic E-state index is 12.8. The SMILES string of the molecule is CN1CCN(CC#N)C(=O)C12CCN(Cc1cccs1)CC2. The smallest absolute Gasteiger partial charge is 0.244 e. The summed E-state index contributed by atoms with van der Waals surface area (Å²) in [5, 5.41) is 11.0. The van der Waals surface area contributed by atoms with Crippen LogP contribution in [0, 0.1) is 11.3 Å². The molecule has 2 fully saturated rings. The second kappa shape index (κ2) is 6.37. The van der Waals surface area contributed by atoms with Crippen molar-refractivity contribution in [2.45, 2.75) is 24.9 Å². The Morgan fingerprint density at radius 1 is 1.32 bits per heavy atom. The van der Waals surface area contributed by atoms with Gasteiger partial charge < -0.3 is 4.90 Å². The van der Waals surface area contributed by atoms with E-state index in [2.05, 4.69) is 40.4 Å². The zero-order chi connectivity index (χ0) is 15.6. The Bertz CT molecular complexity index is 557. The van der Waals surface area contributed by atoms with E-state index in [1.165, 1.54) is 4.88 Å². The molecule has 5 nitrogen and oxygen atoms in total. The van der Waals surface area contributed by atoms with Gasteiger partial charge in [-0.25, -0.2) is 0 Å². The Balaban J connectivity index is 1.66. The number of hydrogen-bond donors (Lipinski definition) is 0. The minimum absolute atomic E-state index is 0.151. The van der Waals surface area contributed by atoms with Crippen molar-refractivity contribution in [1.29, 1.82) is 5.26 Å². The number of carbonyl (C=O) groups is 1. The predicted octanol–water partition coefficient (Wildman–Crippen LogP) is 1.38. The van der Waals surface area contributed by atoms with Gasteiger partial charge in [-0.15, -0.1) is 11.3 Å². The van der Waals surface area contributed by atoms with E-state index in [0.717, 1.165) is 39.0 Å². The van der Waals surface area contributed by atoms with Crippen molar-refractivity contribution < 1.29 is 4.79 Å². The number of likely N-dealkylation sites (tertiary alicyclic amines) is 1. The van der Waals surface area contributed by atoms with Gasteiger partial charge in [-0.2, -0.15) is 5.26 Å². The number of piperidine rings is 1. The van der Waals surface area contributed by atoms with Crippen molar-refractivity contribution in [3.05, 3.63) is 22.4 Å². The predicted molar refractivity (Wildman–Crippen MR) is 86.4 cm³/mol. The number of likely N-dealkylation sites (N-methyl/N-ethyl adjacent to an activating group) is 1. The molecule has 0 unspecified atom stereocenters. The molecule has 1 amide bonds. The fraction of sp³-hybridized carbons (Fsp3) is 0.625. The Hall–Kier alpha value is -1.42. The molecule has 0 N–H and O–H groups in total. The lowest BCUT2D eigenvalue weighted by Gasteiger charge is -2.51. The Labute approximate surface area is 135 Å². The van der Waals surface area contributed by atoms with Gasteiger partial charge in [0.1, 0.15) is 12.1 Å². The van der Waals surface area contributed by atoms with Crippen LogP contribution >= 0.6 is 11.3 Å². The van der Waals surface area contributed by atoms with Crippen LogP contribution in [0.1, 0.15) is 17.7 Å². The first-order valence-electron chi connectivity index (χ1n) is 7.78. The quantitative estimate of drug-likeness (QED) is 0.790. The summed E-state index contributed by atoms with van der Waals surface area (Å²) in [6.07, 6.45) is 1.71. The number of amides is 1. The van der Waals surface area contributed by atoms with Crippen molar-refractivity contribution in [2.24, 2.45) is 0 Å². The van der Waals surface area contributed by atoms with E-state index >= 15 is 0 Å². The number of carbonyl (C=O) groups excluding carboxylic acids is 1. The summed E-state index contributed by atoms with van der Waals surface area (Å²) in [6, 6.07) is 6.38. The first-order valence-corrected chi connectivity index (χ1v) is 8.66. The summed E-state index contributed by atoms with van der Waals surface area (Å²) in [7, 11) is 2.05. The Morgan fingerprint density at radius 2 is 2.09 bits per heavy atom. The molecule has 6 heteroatoms. The zero-order valence-corrected chi connectivity index (χ0v) is 13.8. The number of piperazine rings is 1. The van der Waals surface area contributed by atoms with Crippen LogP contribution in [-0.2, 0) is 11.3 Å². The van der Waals surface area contributed by atoms with E-state index < -0.39 is 0 Å². The highest BCUT2D eigenvalue weighted by molar-refractivity contribution is 7.09. The minimum Gasteiger partial charge on any atom is -0.326 e. The molecular formula is C16H22N4OS. The third kappa shape index (κ3) is 2.76. The topological polar surface area (TPSA) is 50.6 Å². The summed E-state index contributed by atoms with van der Waals surface area (Å²) in [4.78, 5) is 20.6. The van der Waals surface area contributed by atoms with Crippen molar-refractivity contribution in [2.75, 3.05) is 39.8 Å². The molecule has 2 aliphatic rings. The van der Waals surface area contributed by atoms with Crippen LogP contribution in [0.2, 0.25) is 0 Å². The number of hydrogen-bond acceptors (Lipinski definition) is 5. The summed E-state index contributed by atoms with van der Waals surface area (Å²) in [6.45, 7) is 4.60. The standard InChI is InChI=1S/C16H22N4OS/c1-18-10-11-20(9-6-17)15(21)16(18)4-7-19(8-5-16)13-14-3-2-12-22-14/h2-3,12H,4-5,7-11,13H2,1H3. The molecule has 118 valence electrons. The number of thiophene rings is 1. The molecule has 0 aliphatic carbocycles. The Kier molecular flexibility index (Phi) is 4.48. The molecule has 1 aromatic rings. The average Bonchev–Trinajstić information content (AvgIpc) is 3.03. The molecule has 3 heterocycles. The van der Waals surface area contributed by atoms with Crippen LogP contribution in [-0.4, -0.2) is 65.9 Å². The maximum Gasteiger partial charge on any atom is 0.244 e. The van der Waals surface area contributed by atoms with Gasteiger partial charge >= 0.3 is 0 Å². The van der Waals surface area contributed by atoms with E-state index in [-0.39, 0.29) is 18.0 Å². The van der Waals surface area contributed by atoms with Crippen LogP contribution in [0.3, 0.4) is 0 Å². The van der Waals surface area contributed by atoms with Crippen LogP contribution in [0.15, 0.2) is 17.5 Å². The summed E-state index contributed by atoms with van der Waals surface area (Å²) in [5.41, 5.74) is -0.388. The third-order valence-electron chi connectivity index (χ3n) is 5.03. The second-order valence-electron chi connectivity index (χ2n) is 6.19. The van der Waals surface area contributed by atoms with Crippen molar-refractivity contribution in [3.8, 4) is 6.07 Å². The van der Waals surface area contributed by atoms with Gasteiger partial charge in [-0.1, -0.05) is 6.07 Å². The third-order valence-corrected chi connectivity index (χ3v) is 5.89. The van der Waals surface area contributed by atoms with E-state index in [1.807, 2.05) is 0 Å². The molecule has 0 radical (unpaired) electrons. The molecule has 22 heavy (non-hydrogen) atoms. The van der Waals surface area contributed by atoms with E-state index in [0.29, 0.717) is 6.54 Å². The van der Waals surface area contributed by atoms with Crippen LogP contribution < -0.4 is 0 Å². The zero-order valence-electron chi connectivity index (χ0n) is 13.0. The van der Waals surface area contributed by atoms with Gasteiger partial charge in [-0.05, 0) is 31.3 Å². The molecule has 0 aromatic carbocycles. The largest absolute Gasteiger partial charge is 0.326 e. The number of nitriles is 1. The Morgan fingerprint density at radius 3 is 2.73 bits per heavy atom. The van der Waals surface area contributed by atoms with E-state index in [9.17, 15) is 4.79 Å². The lowest BCUT2D eigenvalue weighted by molar-refractivity contribution is -0.153. The average molecular weight is 318 g/mol. The summed E-state index contributed by atoms with van der Waals surface area (Å²) in [5.74, 6) is 0.151. The van der Waals surface area contributed by atoms with Crippen LogP contribution in [0.4, 0.5) is 0 Å². The van der Waals surface area contributed by atoms with Crippen molar-refractivity contribution in [3.63, 3.8) is 0 Å². The molecule has 0 saturated carbocycles. The lowest BCUT2D eigenvalue weighted by Crippen LogP contribution is -2.67. The maximum absolute atomic E-state index is 12.8.